The highest BCUT2D eigenvalue weighted by Crippen LogP contribution is 2.64. The van der Waals surface area contributed by atoms with Crippen LogP contribution in [0, 0.1) is 11.3 Å². The second-order valence-corrected chi connectivity index (χ2v) is 7.98. The highest BCUT2D eigenvalue weighted by atomic mass is 35.5. The maximum absolute atomic E-state index is 14.2. The highest BCUT2D eigenvalue weighted by Gasteiger charge is 2.74. The van der Waals surface area contributed by atoms with Crippen LogP contribution in [-0.4, -0.2) is 47.7 Å². The predicted molar refractivity (Wildman–Crippen MR) is 102 cm³/mol. The molecule has 0 saturated heterocycles. The third-order valence-electron chi connectivity index (χ3n) is 4.74. The van der Waals surface area contributed by atoms with Gasteiger partial charge in [0.2, 0.25) is 0 Å². The van der Waals surface area contributed by atoms with Gasteiger partial charge in [-0.15, -0.1) is 0 Å². The van der Waals surface area contributed by atoms with Crippen LogP contribution in [-0.2, 0) is 11.6 Å². The Morgan fingerprint density at radius 1 is 1.29 bits per heavy atom. The minimum atomic E-state index is -4.75. The third-order valence-corrected chi connectivity index (χ3v) is 5.32. The van der Waals surface area contributed by atoms with Crippen molar-refractivity contribution in [1.29, 1.82) is 5.26 Å². The summed E-state index contributed by atoms with van der Waals surface area (Å²) in [5.41, 5.74) is -4.82. The van der Waals surface area contributed by atoms with E-state index < -0.39 is 57.5 Å². The summed E-state index contributed by atoms with van der Waals surface area (Å²) >= 11 is 12.0. The van der Waals surface area contributed by atoms with Crippen molar-refractivity contribution < 1.29 is 26.3 Å². The molecule has 1 aromatic heterocycles. The lowest BCUT2D eigenvalue weighted by Gasteiger charge is -2.15. The second kappa shape index (κ2) is 7.60. The Morgan fingerprint density at radius 2 is 1.84 bits per heavy atom. The van der Waals surface area contributed by atoms with Crippen LogP contribution >= 0.6 is 23.2 Å². The second-order valence-electron chi connectivity index (χ2n) is 7.16. The summed E-state index contributed by atoms with van der Waals surface area (Å²) in [6.45, 7) is -1.50. The Bertz CT molecular complexity index is 1080. The summed E-state index contributed by atoms with van der Waals surface area (Å²) in [6.07, 6.45) is -4.45. The highest BCUT2D eigenvalue weighted by molar-refractivity contribution is 6.38. The van der Waals surface area contributed by atoms with E-state index in [4.69, 9.17) is 23.2 Å². The number of nitriles is 1. The van der Waals surface area contributed by atoms with Crippen LogP contribution in [0.3, 0.4) is 0 Å². The predicted octanol–water partition coefficient (Wildman–Crippen LogP) is 5.54. The number of benzene rings is 1. The van der Waals surface area contributed by atoms with E-state index in [1.54, 1.807) is 20.2 Å². The Kier molecular flexibility index (Phi) is 5.69. The van der Waals surface area contributed by atoms with Crippen molar-refractivity contribution in [3.63, 3.8) is 0 Å². The number of hydrogen-bond donors (Lipinski definition) is 0. The molecule has 1 fully saturated rings. The van der Waals surface area contributed by atoms with Gasteiger partial charge < -0.3 is 4.90 Å². The first-order chi connectivity index (χ1) is 14.3. The number of aromatic nitrogens is 2. The molecular formula is C18H13Cl2F6N5. The SMILES string of the molecule is CN(C)/C=N\c1c(C2(CF)CC2(F)F)c(C#N)nn1-c1c(Cl)cc(C(F)(F)F)cc1Cl. The Balaban J connectivity index is 2.34. The number of alkyl halides is 6. The van der Waals surface area contributed by atoms with E-state index in [0.717, 1.165) is 4.68 Å². The van der Waals surface area contributed by atoms with Gasteiger partial charge in [0.25, 0.3) is 5.92 Å². The van der Waals surface area contributed by atoms with Crippen molar-refractivity contribution in [3.8, 4) is 11.8 Å². The molecule has 0 spiro atoms. The van der Waals surface area contributed by atoms with Crippen LogP contribution in [0.15, 0.2) is 17.1 Å². The molecule has 31 heavy (non-hydrogen) atoms. The van der Waals surface area contributed by atoms with Gasteiger partial charge in [0.15, 0.2) is 11.5 Å². The first kappa shape index (κ1) is 23.2. The first-order valence-electron chi connectivity index (χ1n) is 8.53. The van der Waals surface area contributed by atoms with Gasteiger partial charge in [-0.1, -0.05) is 23.2 Å². The summed E-state index contributed by atoms with van der Waals surface area (Å²) in [4.78, 5) is 5.46. The zero-order valence-electron chi connectivity index (χ0n) is 15.9. The third kappa shape index (κ3) is 3.83. The van der Waals surface area contributed by atoms with E-state index in [1.165, 1.54) is 11.2 Å². The average molecular weight is 484 g/mol. The van der Waals surface area contributed by atoms with Crippen LogP contribution < -0.4 is 0 Å². The maximum atomic E-state index is 14.2. The van der Waals surface area contributed by atoms with Gasteiger partial charge in [-0.05, 0) is 12.1 Å². The van der Waals surface area contributed by atoms with Crippen LogP contribution in [0.5, 0.6) is 0 Å². The normalized spacial score (nSPS) is 20.2. The van der Waals surface area contributed by atoms with Crippen molar-refractivity contribution in [2.75, 3.05) is 20.8 Å². The van der Waals surface area contributed by atoms with Crippen LogP contribution in [0.1, 0.15) is 23.2 Å². The minimum absolute atomic E-state index is 0.317. The molecule has 166 valence electrons. The van der Waals surface area contributed by atoms with Gasteiger partial charge in [-0.2, -0.15) is 23.5 Å². The van der Waals surface area contributed by atoms with E-state index in [2.05, 4.69) is 10.1 Å². The molecule has 1 aromatic carbocycles. The molecule has 1 heterocycles. The monoisotopic (exact) mass is 483 g/mol. The molecule has 0 amide bonds. The standard InChI is InChI=1S/C18H13Cl2F6N5/c1-30(2)8-28-15-13(16(7-21)6-17(16,22)23)12(5-27)29-31(15)14-10(19)3-9(4-11(14)20)18(24,25)26/h3-4,8H,6-7H2,1-2H3/b28-8-. The summed E-state index contributed by atoms with van der Waals surface area (Å²) in [6, 6.07) is 2.77. The Hall–Kier alpha value is -2.45. The van der Waals surface area contributed by atoms with E-state index in [0.29, 0.717) is 12.1 Å². The minimum Gasteiger partial charge on any atom is -0.369 e. The Labute approximate surface area is 182 Å². The van der Waals surface area contributed by atoms with E-state index in [-0.39, 0.29) is 11.5 Å². The number of halogens is 8. The van der Waals surface area contributed by atoms with Crippen molar-refractivity contribution >= 4 is 35.4 Å². The van der Waals surface area contributed by atoms with Crippen LogP contribution in [0.4, 0.5) is 32.2 Å². The average Bonchev–Trinajstić information content (AvgIpc) is 3.03. The molecule has 0 radical (unpaired) electrons. The maximum Gasteiger partial charge on any atom is 0.416 e. The summed E-state index contributed by atoms with van der Waals surface area (Å²) in [5.74, 6) is -3.85. The molecule has 1 aliphatic rings. The molecule has 1 unspecified atom stereocenters. The van der Waals surface area contributed by atoms with Crippen molar-refractivity contribution in [3.05, 3.63) is 39.0 Å². The van der Waals surface area contributed by atoms with E-state index in [9.17, 15) is 31.6 Å². The zero-order chi connectivity index (χ0) is 23.4. The van der Waals surface area contributed by atoms with Crippen molar-refractivity contribution in [2.45, 2.75) is 23.9 Å². The van der Waals surface area contributed by atoms with Crippen molar-refractivity contribution in [2.24, 2.45) is 4.99 Å². The molecule has 0 aliphatic heterocycles. The lowest BCUT2D eigenvalue weighted by Crippen LogP contribution is -2.20. The quantitative estimate of drug-likeness (QED) is 0.318. The van der Waals surface area contributed by atoms with Gasteiger partial charge in [0, 0.05) is 20.5 Å². The van der Waals surface area contributed by atoms with Gasteiger partial charge in [-0.3, -0.25) is 0 Å². The van der Waals surface area contributed by atoms with E-state index >= 15 is 0 Å². The van der Waals surface area contributed by atoms with Crippen LogP contribution in [0.2, 0.25) is 10.0 Å². The molecular weight excluding hydrogens is 471 g/mol. The molecule has 13 heteroatoms. The fourth-order valence-electron chi connectivity index (χ4n) is 3.12. The van der Waals surface area contributed by atoms with Gasteiger partial charge >= 0.3 is 6.18 Å². The summed E-state index contributed by atoms with van der Waals surface area (Å²) in [5, 5.41) is 12.3. The van der Waals surface area contributed by atoms with Gasteiger partial charge in [0.05, 0.1) is 32.9 Å². The number of hydrogen-bond acceptors (Lipinski definition) is 3. The van der Waals surface area contributed by atoms with Crippen LogP contribution in [0.25, 0.3) is 5.69 Å². The zero-order valence-corrected chi connectivity index (χ0v) is 17.4. The first-order valence-corrected chi connectivity index (χ1v) is 9.29. The largest absolute Gasteiger partial charge is 0.416 e. The van der Waals surface area contributed by atoms with Crippen molar-refractivity contribution in [1.82, 2.24) is 14.7 Å². The number of nitrogens with zero attached hydrogens (tertiary/aromatic N) is 5. The smallest absolute Gasteiger partial charge is 0.369 e. The summed E-state index contributed by atoms with van der Waals surface area (Å²) in [7, 11) is 3.12. The number of aliphatic imine (C=N–C) groups is 1. The van der Waals surface area contributed by atoms with E-state index in [1.807, 2.05) is 0 Å². The fourth-order valence-corrected chi connectivity index (χ4v) is 3.77. The number of rotatable bonds is 5. The molecule has 0 bridgehead atoms. The lowest BCUT2D eigenvalue weighted by atomic mass is 9.96. The topological polar surface area (TPSA) is 57.2 Å². The molecule has 5 nitrogen and oxygen atoms in total. The van der Waals surface area contributed by atoms with Gasteiger partial charge in [-0.25, -0.2) is 22.8 Å². The Morgan fingerprint density at radius 3 is 2.23 bits per heavy atom. The van der Waals surface area contributed by atoms with Gasteiger partial charge in [0.1, 0.15) is 18.4 Å². The molecule has 1 saturated carbocycles. The molecule has 3 rings (SSSR count). The summed E-state index contributed by atoms with van der Waals surface area (Å²) < 4.78 is 82.1. The lowest BCUT2D eigenvalue weighted by molar-refractivity contribution is -0.137. The molecule has 1 atom stereocenters. The molecule has 2 aromatic rings. The molecule has 1 aliphatic carbocycles. The fraction of sp³-hybridized carbons (Fsp3) is 0.389. The molecule has 0 N–H and O–H groups in total.